The van der Waals surface area contributed by atoms with E-state index in [2.05, 4.69) is 17.1 Å². The molecule has 0 saturated carbocycles. The second-order valence-corrected chi connectivity index (χ2v) is 5.61. The molecule has 0 spiro atoms. The highest BCUT2D eigenvalue weighted by Crippen LogP contribution is 2.23. The molecule has 110 valence electrons. The number of likely N-dealkylation sites (tertiary alicyclic amines) is 1. The number of nitrogens with two attached hydrogens (primary N) is 1. The molecule has 5 heteroatoms. The van der Waals surface area contributed by atoms with Crippen molar-refractivity contribution in [1.82, 2.24) is 4.90 Å². The van der Waals surface area contributed by atoms with Crippen molar-refractivity contribution in [3.8, 4) is 0 Å². The van der Waals surface area contributed by atoms with Crippen LogP contribution in [-0.4, -0.2) is 41.7 Å². The first-order chi connectivity index (χ1) is 9.47. The van der Waals surface area contributed by atoms with E-state index in [9.17, 15) is 4.79 Å². The predicted octanol–water partition coefficient (Wildman–Crippen LogP) is 2.17. The summed E-state index contributed by atoms with van der Waals surface area (Å²) in [5.41, 5.74) is 7.92. The van der Waals surface area contributed by atoms with Crippen molar-refractivity contribution in [2.24, 2.45) is 0 Å². The van der Waals surface area contributed by atoms with Crippen molar-refractivity contribution in [3.63, 3.8) is 0 Å². The Morgan fingerprint density at radius 3 is 2.70 bits per heavy atom. The van der Waals surface area contributed by atoms with Crippen LogP contribution in [0.15, 0.2) is 12.1 Å². The Morgan fingerprint density at radius 2 is 2.10 bits per heavy atom. The zero-order valence-corrected chi connectivity index (χ0v) is 12.1. The first-order valence-corrected chi connectivity index (χ1v) is 7.09. The number of hydrogen-bond donors (Lipinski definition) is 3. The van der Waals surface area contributed by atoms with Crippen LogP contribution in [0, 0.1) is 6.92 Å². The van der Waals surface area contributed by atoms with Crippen LogP contribution < -0.4 is 11.1 Å². The Kier molecular flexibility index (Phi) is 4.49. The van der Waals surface area contributed by atoms with Crippen LogP contribution in [0.4, 0.5) is 11.4 Å². The SMILES string of the molecule is Cc1cc(NC(C)CN2CCCC2)cc(C(=O)O)c1N. The number of nitrogens with zero attached hydrogens (tertiary/aromatic N) is 1. The second-order valence-electron chi connectivity index (χ2n) is 5.61. The van der Waals surface area contributed by atoms with E-state index >= 15 is 0 Å². The fourth-order valence-electron chi connectivity index (χ4n) is 2.74. The van der Waals surface area contributed by atoms with Crippen LogP contribution in [0.2, 0.25) is 0 Å². The highest BCUT2D eigenvalue weighted by Gasteiger charge is 2.16. The number of rotatable bonds is 5. The second kappa shape index (κ2) is 6.13. The summed E-state index contributed by atoms with van der Waals surface area (Å²) in [5, 5.41) is 12.5. The van der Waals surface area contributed by atoms with Gasteiger partial charge in [0.2, 0.25) is 0 Å². The van der Waals surface area contributed by atoms with E-state index in [-0.39, 0.29) is 11.6 Å². The Balaban J connectivity index is 2.06. The first-order valence-electron chi connectivity index (χ1n) is 7.09. The van der Waals surface area contributed by atoms with Gasteiger partial charge in [-0.25, -0.2) is 4.79 Å². The number of carboxylic acids is 1. The summed E-state index contributed by atoms with van der Waals surface area (Å²) in [6.07, 6.45) is 2.55. The molecule has 1 unspecified atom stereocenters. The van der Waals surface area contributed by atoms with Crippen LogP contribution in [0.25, 0.3) is 0 Å². The minimum Gasteiger partial charge on any atom is -0.478 e. The van der Waals surface area contributed by atoms with Crippen molar-refractivity contribution in [1.29, 1.82) is 0 Å². The summed E-state index contributed by atoms with van der Waals surface area (Å²) >= 11 is 0. The molecule has 4 N–H and O–H groups in total. The highest BCUT2D eigenvalue weighted by atomic mass is 16.4. The molecule has 1 aliphatic heterocycles. The van der Waals surface area contributed by atoms with Crippen LogP contribution in [0.1, 0.15) is 35.7 Å². The fourth-order valence-corrected chi connectivity index (χ4v) is 2.74. The van der Waals surface area contributed by atoms with Crippen LogP contribution >= 0.6 is 0 Å². The topological polar surface area (TPSA) is 78.6 Å². The minimum atomic E-state index is -0.985. The number of nitrogen functional groups attached to an aromatic ring is 1. The van der Waals surface area contributed by atoms with Gasteiger partial charge in [0.05, 0.1) is 5.56 Å². The van der Waals surface area contributed by atoms with E-state index in [4.69, 9.17) is 10.8 Å². The lowest BCUT2D eigenvalue weighted by Crippen LogP contribution is -2.33. The van der Waals surface area contributed by atoms with Gasteiger partial charge >= 0.3 is 5.97 Å². The number of carbonyl (C=O) groups is 1. The number of anilines is 2. The third-order valence-corrected chi connectivity index (χ3v) is 3.76. The lowest BCUT2D eigenvalue weighted by Gasteiger charge is -2.22. The third kappa shape index (κ3) is 3.42. The Labute approximate surface area is 119 Å². The van der Waals surface area contributed by atoms with Gasteiger partial charge in [0.1, 0.15) is 0 Å². The first kappa shape index (κ1) is 14.7. The molecule has 1 saturated heterocycles. The molecule has 1 aromatic carbocycles. The predicted molar refractivity (Wildman–Crippen MR) is 81.3 cm³/mol. The molecular formula is C15H23N3O2. The van der Waals surface area contributed by atoms with E-state index in [1.807, 2.05) is 13.0 Å². The van der Waals surface area contributed by atoms with Gasteiger partial charge < -0.3 is 21.1 Å². The van der Waals surface area contributed by atoms with E-state index in [0.717, 1.165) is 30.9 Å². The molecule has 1 aromatic rings. The van der Waals surface area contributed by atoms with Gasteiger partial charge in [-0.15, -0.1) is 0 Å². The van der Waals surface area contributed by atoms with Gasteiger partial charge in [-0.05, 0) is 57.5 Å². The molecule has 1 atom stereocenters. The van der Waals surface area contributed by atoms with Gasteiger partial charge in [0.25, 0.3) is 0 Å². The molecule has 1 aliphatic rings. The van der Waals surface area contributed by atoms with Gasteiger partial charge in [0, 0.05) is 24.0 Å². The molecule has 0 radical (unpaired) electrons. The fraction of sp³-hybridized carbons (Fsp3) is 0.533. The van der Waals surface area contributed by atoms with Crippen LogP contribution in [0.5, 0.6) is 0 Å². The number of aryl methyl sites for hydroxylation is 1. The quantitative estimate of drug-likeness (QED) is 0.719. The smallest absolute Gasteiger partial charge is 0.337 e. The molecule has 0 bridgehead atoms. The lowest BCUT2D eigenvalue weighted by atomic mass is 10.1. The highest BCUT2D eigenvalue weighted by molar-refractivity contribution is 5.95. The van der Waals surface area contributed by atoms with Crippen molar-refractivity contribution in [2.45, 2.75) is 32.7 Å². The maximum atomic E-state index is 11.2. The molecule has 1 heterocycles. The van der Waals surface area contributed by atoms with Gasteiger partial charge in [-0.3, -0.25) is 0 Å². The van der Waals surface area contributed by atoms with Crippen molar-refractivity contribution < 1.29 is 9.90 Å². The largest absolute Gasteiger partial charge is 0.478 e. The molecule has 0 aromatic heterocycles. The average Bonchev–Trinajstić information content (AvgIpc) is 2.85. The molecular weight excluding hydrogens is 254 g/mol. The molecule has 5 nitrogen and oxygen atoms in total. The van der Waals surface area contributed by atoms with Crippen molar-refractivity contribution >= 4 is 17.3 Å². The maximum Gasteiger partial charge on any atom is 0.337 e. The monoisotopic (exact) mass is 277 g/mol. The molecule has 2 rings (SSSR count). The van der Waals surface area contributed by atoms with Gasteiger partial charge in [-0.2, -0.15) is 0 Å². The van der Waals surface area contributed by atoms with E-state index < -0.39 is 5.97 Å². The number of benzene rings is 1. The summed E-state index contributed by atoms with van der Waals surface area (Å²) in [5.74, 6) is -0.985. The molecule has 0 amide bonds. The number of aromatic carboxylic acids is 1. The summed E-state index contributed by atoms with van der Waals surface area (Å²) in [7, 11) is 0. The van der Waals surface area contributed by atoms with Crippen LogP contribution in [-0.2, 0) is 0 Å². The van der Waals surface area contributed by atoms with Crippen LogP contribution in [0.3, 0.4) is 0 Å². The average molecular weight is 277 g/mol. The van der Waals surface area contributed by atoms with E-state index in [1.165, 1.54) is 12.8 Å². The molecule has 20 heavy (non-hydrogen) atoms. The normalized spacial score (nSPS) is 17.1. The number of nitrogens with one attached hydrogen (secondary N) is 1. The zero-order chi connectivity index (χ0) is 14.7. The summed E-state index contributed by atoms with van der Waals surface area (Å²) in [6, 6.07) is 3.80. The van der Waals surface area contributed by atoms with E-state index in [1.54, 1.807) is 6.07 Å². The Morgan fingerprint density at radius 1 is 1.45 bits per heavy atom. The third-order valence-electron chi connectivity index (χ3n) is 3.76. The van der Waals surface area contributed by atoms with Gasteiger partial charge in [0.15, 0.2) is 0 Å². The van der Waals surface area contributed by atoms with E-state index in [0.29, 0.717) is 5.69 Å². The molecule has 1 fully saturated rings. The minimum absolute atomic E-state index is 0.167. The standard InChI is InChI=1S/C15H23N3O2/c1-10-7-12(8-13(14(10)16)15(19)20)17-11(2)9-18-5-3-4-6-18/h7-8,11,17H,3-6,9,16H2,1-2H3,(H,19,20). The summed E-state index contributed by atoms with van der Waals surface area (Å²) in [6.45, 7) is 7.24. The number of hydrogen-bond acceptors (Lipinski definition) is 4. The van der Waals surface area contributed by atoms with Crippen molar-refractivity contribution in [2.75, 3.05) is 30.7 Å². The zero-order valence-electron chi connectivity index (χ0n) is 12.1. The Hall–Kier alpha value is -1.75. The maximum absolute atomic E-state index is 11.2. The lowest BCUT2D eigenvalue weighted by molar-refractivity contribution is 0.0698. The van der Waals surface area contributed by atoms with Gasteiger partial charge in [-0.1, -0.05) is 0 Å². The Bertz CT molecular complexity index is 496. The number of carboxylic acid groups (broad SMARTS) is 1. The molecule has 0 aliphatic carbocycles. The summed E-state index contributed by atoms with van der Waals surface area (Å²) < 4.78 is 0. The summed E-state index contributed by atoms with van der Waals surface area (Å²) in [4.78, 5) is 13.6. The van der Waals surface area contributed by atoms with Crippen molar-refractivity contribution in [3.05, 3.63) is 23.3 Å².